The molecule has 156 valence electrons. The first-order valence-electron chi connectivity index (χ1n) is 9.68. The molecule has 0 saturated carbocycles. The first-order chi connectivity index (χ1) is 14.4. The number of pyridine rings is 1. The zero-order chi connectivity index (χ0) is 21.8. The van der Waals surface area contributed by atoms with E-state index in [1.54, 1.807) is 13.8 Å². The van der Waals surface area contributed by atoms with Crippen molar-refractivity contribution in [2.45, 2.75) is 33.6 Å². The predicted octanol–water partition coefficient (Wildman–Crippen LogP) is 3.46. The summed E-state index contributed by atoms with van der Waals surface area (Å²) in [6.45, 7) is 5.53. The standard InChI is InChI=1S/C22H21NO7/c1-4-7-13-19-14(12(11-24)8-16(23-19)21(26)28-5-2)9-15-17(25)10-18(30-20(13)15)22(27)29-6-3/h8-11H,4-7H2,1-3H3. The molecule has 30 heavy (non-hydrogen) atoms. The van der Waals surface area contributed by atoms with Crippen molar-refractivity contribution in [2.75, 3.05) is 13.2 Å². The van der Waals surface area contributed by atoms with Crippen molar-refractivity contribution in [3.05, 3.63) is 51.0 Å². The first kappa shape index (κ1) is 21.2. The van der Waals surface area contributed by atoms with E-state index in [1.807, 2.05) is 6.92 Å². The molecule has 0 bridgehead atoms. The molecular weight excluding hydrogens is 390 g/mol. The largest absolute Gasteiger partial charge is 0.461 e. The number of carbonyl (C=O) groups is 3. The molecule has 1 aromatic carbocycles. The molecule has 2 aromatic heterocycles. The van der Waals surface area contributed by atoms with Crippen LogP contribution in [0.15, 0.2) is 27.4 Å². The van der Waals surface area contributed by atoms with Gasteiger partial charge >= 0.3 is 11.9 Å². The summed E-state index contributed by atoms with van der Waals surface area (Å²) >= 11 is 0. The second kappa shape index (κ2) is 8.86. The minimum atomic E-state index is -0.749. The van der Waals surface area contributed by atoms with Gasteiger partial charge in [-0.25, -0.2) is 14.6 Å². The van der Waals surface area contributed by atoms with Crippen molar-refractivity contribution in [2.24, 2.45) is 0 Å². The Labute approximate surface area is 171 Å². The van der Waals surface area contributed by atoms with Gasteiger partial charge in [-0.05, 0) is 32.4 Å². The molecule has 8 nitrogen and oxygen atoms in total. The molecule has 0 aliphatic rings. The lowest BCUT2D eigenvalue weighted by Gasteiger charge is -2.12. The van der Waals surface area contributed by atoms with Gasteiger partial charge in [-0.3, -0.25) is 9.59 Å². The summed E-state index contributed by atoms with van der Waals surface area (Å²) < 4.78 is 15.7. The number of hydrogen-bond donors (Lipinski definition) is 0. The minimum absolute atomic E-state index is 0.0213. The molecule has 0 unspecified atom stereocenters. The van der Waals surface area contributed by atoms with Gasteiger partial charge in [0.1, 0.15) is 11.3 Å². The highest BCUT2D eigenvalue weighted by molar-refractivity contribution is 6.07. The number of fused-ring (bicyclic) bond motifs is 2. The van der Waals surface area contributed by atoms with Gasteiger partial charge in [0.15, 0.2) is 11.7 Å². The highest BCUT2D eigenvalue weighted by atomic mass is 16.5. The van der Waals surface area contributed by atoms with E-state index in [2.05, 4.69) is 4.98 Å². The van der Waals surface area contributed by atoms with Gasteiger partial charge in [0.05, 0.1) is 24.1 Å². The second-order valence-corrected chi connectivity index (χ2v) is 6.51. The predicted molar refractivity (Wildman–Crippen MR) is 109 cm³/mol. The van der Waals surface area contributed by atoms with E-state index in [0.717, 1.165) is 6.07 Å². The van der Waals surface area contributed by atoms with Crippen molar-refractivity contribution in [1.29, 1.82) is 0 Å². The van der Waals surface area contributed by atoms with Crippen LogP contribution in [0.2, 0.25) is 0 Å². The van der Waals surface area contributed by atoms with Gasteiger partial charge in [0.25, 0.3) is 0 Å². The van der Waals surface area contributed by atoms with Crippen LogP contribution in [0.25, 0.3) is 21.9 Å². The monoisotopic (exact) mass is 411 g/mol. The zero-order valence-electron chi connectivity index (χ0n) is 16.9. The fourth-order valence-corrected chi connectivity index (χ4v) is 3.26. The fourth-order valence-electron chi connectivity index (χ4n) is 3.26. The van der Waals surface area contributed by atoms with E-state index < -0.39 is 17.4 Å². The van der Waals surface area contributed by atoms with E-state index in [9.17, 15) is 19.2 Å². The number of rotatable bonds is 7. The number of esters is 2. The maximum atomic E-state index is 12.7. The number of hydrogen-bond acceptors (Lipinski definition) is 8. The zero-order valence-corrected chi connectivity index (χ0v) is 16.9. The van der Waals surface area contributed by atoms with Crippen molar-refractivity contribution >= 4 is 40.1 Å². The summed E-state index contributed by atoms with van der Waals surface area (Å²) in [4.78, 5) is 53.2. The maximum absolute atomic E-state index is 12.7. The molecule has 0 aliphatic carbocycles. The third kappa shape index (κ3) is 3.80. The number of aromatic nitrogens is 1. The number of benzene rings is 1. The van der Waals surface area contributed by atoms with Crippen molar-refractivity contribution in [3.63, 3.8) is 0 Å². The lowest BCUT2D eigenvalue weighted by atomic mass is 9.98. The van der Waals surface area contributed by atoms with Crippen LogP contribution >= 0.6 is 0 Å². The number of carbonyl (C=O) groups excluding carboxylic acids is 3. The Balaban J connectivity index is 2.42. The molecule has 0 fully saturated rings. The Kier molecular flexibility index (Phi) is 6.25. The molecule has 0 spiro atoms. The summed E-state index contributed by atoms with van der Waals surface area (Å²) in [5.74, 6) is -1.63. The van der Waals surface area contributed by atoms with Crippen LogP contribution in [-0.4, -0.2) is 36.4 Å². The summed E-state index contributed by atoms with van der Waals surface area (Å²) in [6, 6.07) is 3.91. The summed E-state index contributed by atoms with van der Waals surface area (Å²) in [5, 5.41) is 0.637. The third-order valence-electron chi connectivity index (χ3n) is 4.51. The molecule has 0 atom stereocenters. The SMILES string of the molecule is CCCc1c2nc(C(=O)OCC)cc(C=O)c2cc2c(=O)cc(C(=O)OCC)oc12. The Morgan fingerprint density at radius 3 is 2.37 bits per heavy atom. The van der Waals surface area contributed by atoms with Gasteiger partial charge in [-0.2, -0.15) is 0 Å². The lowest BCUT2D eigenvalue weighted by molar-refractivity contribution is 0.0488. The highest BCUT2D eigenvalue weighted by Gasteiger charge is 2.21. The van der Waals surface area contributed by atoms with E-state index in [-0.39, 0.29) is 41.2 Å². The van der Waals surface area contributed by atoms with E-state index in [0.29, 0.717) is 35.6 Å². The van der Waals surface area contributed by atoms with Gasteiger partial charge in [0, 0.05) is 22.6 Å². The number of aryl methyl sites for hydroxylation is 1. The molecule has 3 aromatic rings. The molecule has 3 rings (SSSR count). The van der Waals surface area contributed by atoms with E-state index in [4.69, 9.17) is 13.9 Å². The Hall–Kier alpha value is -3.55. The molecule has 2 heterocycles. The quantitative estimate of drug-likeness (QED) is 0.330. The van der Waals surface area contributed by atoms with Crippen LogP contribution in [-0.2, 0) is 15.9 Å². The molecule has 0 radical (unpaired) electrons. The Bertz CT molecular complexity index is 1210. The van der Waals surface area contributed by atoms with Gasteiger partial charge in [-0.1, -0.05) is 13.3 Å². The first-order valence-corrected chi connectivity index (χ1v) is 9.68. The summed E-state index contributed by atoms with van der Waals surface area (Å²) in [5.41, 5.74) is 0.807. The average molecular weight is 411 g/mol. The van der Waals surface area contributed by atoms with Crippen LogP contribution in [0, 0.1) is 0 Å². The van der Waals surface area contributed by atoms with Gasteiger partial charge < -0.3 is 13.9 Å². The van der Waals surface area contributed by atoms with Gasteiger partial charge in [0.2, 0.25) is 5.76 Å². The lowest BCUT2D eigenvalue weighted by Crippen LogP contribution is -2.12. The molecular formula is C22H21NO7. The van der Waals surface area contributed by atoms with Crippen LogP contribution in [0.5, 0.6) is 0 Å². The minimum Gasteiger partial charge on any atom is -0.461 e. The Morgan fingerprint density at radius 2 is 1.73 bits per heavy atom. The van der Waals surface area contributed by atoms with Crippen molar-refractivity contribution in [1.82, 2.24) is 4.98 Å². The molecule has 0 saturated heterocycles. The van der Waals surface area contributed by atoms with E-state index in [1.165, 1.54) is 12.1 Å². The molecule has 0 aliphatic heterocycles. The summed E-state index contributed by atoms with van der Waals surface area (Å²) in [6.07, 6.45) is 1.72. The van der Waals surface area contributed by atoms with Crippen molar-refractivity contribution in [3.8, 4) is 0 Å². The number of aldehydes is 1. The Morgan fingerprint density at radius 1 is 1.03 bits per heavy atom. The van der Waals surface area contributed by atoms with Gasteiger partial charge in [-0.15, -0.1) is 0 Å². The molecule has 0 N–H and O–H groups in total. The number of nitrogens with zero attached hydrogens (tertiary/aromatic N) is 1. The normalized spacial score (nSPS) is 10.9. The third-order valence-corrected chi connectivity index (χ3v) is 4.51. The summed E-state index contributed by atoms with van der Waals surface area (Å²) in [7, 11) is 0. The fraction of sp³-hybridized carbons (Fsp3) is 0.318. The molecule has 8 heteroatoms. The van der Waals surface area contributed by atoms with Crippen LogP contribution < -0.4 is 5.43 Å². The topological polar surface area (TPSA) is 113 Å². The van der Waals surface area contributed by atoms with Crippen LogP contribution in [0.1, 0.15) is 64.2 Å². The van der Waals surface area contributed by atoms with Crippen molar-refractivity contribution < 1.29 is 28.3 Å². The number of ether oxygens (including phenoxy) is 2. The molecule has 0 amide bonds. The smallest absolute Gasteiger partial charge is 0.374 e. The second-order valence-electron chi connectivity index (χ2n) is 6.51. The average Bonchev–Trinajstić information content (AvgIpc) is 2.73. The van der Waals surface area contributed by atoms with Crippen LogP contribution in [0.3, 0.4) is 0 Å². The van der Waals surface area contributed by atoms with E-state index >= 15 is 0 Å². The highest BCUT2D eigenvalue weighted by Crippen LogP contribution is 2.30. The maximum Gasteiger partial charge on any atom is 0.374 e. The van der Waals surface area contributed by atoms with Crippen LogP contribution in [0.4, 0.5) is 0 Å².